The fraction of sp³-hybridized carbons (Fsp3) is 0.750. The molecule has 1 fully saturated rings. The molecule has 2 aliphatic heterocycles. The number of likely N-dealkylation sites (N-methyl/N-ethyl adjacent to an activating group) is 3. The molecule has 0 bridgehead atoms. The number of carbonyl (C=O) groups excluding carboxylic acids is 1. The van der Waals surface area contributed by atoms with Crippen molar-refractivity contribution in [2.45, 2.75) is 12.3 Å². The Morgan fingerprint density at radius 3 is 2.36 bits per heavy atom. The number of aliphatic imine (C=N–C) groups is 1. The molecular formula is C8H14N4OS. The summed E-state index contributed by atoms with van der Waals surface area (Å²) in [6, 6.07) is 0.0377. The van der Waals surface area contributed by atoms with Crippen molar-refractivity contribution in [1.82, 2.24) is 14.7 Å². The Morgan fingerprint density at radius 2 is 1.86 bits per heavy atom. The van der Waals surface area contributed by atoms with Crippen molar-refractivity contribution in [2.75, 3.05) is 27.4 Å². The van der Waals surface area contributed by atoms with Crippen LogP contribution in [-0.4, -0.2) is 65.6 Å². The van der Waals surface area contributed by atoms with Gasteiger partial charge in [0.2, 0.25) is 0 Å². The zero-order valence-corrected chi connectivity index (χ0v) is 9.58. The predicted octanol–water partition coefficient (Wildman–Crippen LogP) is 0.300. The van der Waals surface area contributed by atoms with Crippen LogP contribution in [-0.2, 0) is 0 Å². The average molecular weight is 214 g/mol. The van der Waals surface area contributed by atoms with E-state index in [1.807, 2.05) is 20.4 Å². The highest BCUT2D eigenvalue weighted by Crippen LogP contribution is 2.30. The summed E-state index contributed by atoms with van der Waals surface area (Å²) in [6.07, 6.45) is 2.02. The van der Waals surface area contributed by atoms with Crippen molar-refractivity contribution in [2.24, 2.45) is 4.99 Å². The summed E-state index contributed by atoms with van der Waals surface area (Å²) in [5.74, 6) is 0. The highest BCUT2D eigenvalue weighted by Gasteiger charge is 2.48. The molecule has 2 atom stereocenters. The molecule has 6 heteroatoms. The Hall–Kier alpha value is -0.910. The van der Waals surface area contributed by atoms with E-state index in [-0.39, 0.29) is 18.4 Å². The number of hydrogen-bond donors (Lipinski definition) is 0. The molecule has 2 heterocycles. The molecule has 0 N–H and O–H groups in total. The molecule has 2 rings (SSSR count). The molecule has 14 heavy (non-hydrogen) atoms. The molecule has 78 valence electrons. The minimum absolute atomic E-state index is 0.0377. The topological polar surface area (TPSA) is 39.2 Å². The van der Waals surface area contributed by atoms with Crippen LogP contribution in [0.1, 0.15) is 0 Å². The van der Waals surface area contributed by atoms with Crippen LogP contribution in [0, 0.1) is 0 Å². The summed E-state index contributed by atoms with van der Waals surface area (Å²) in [5, 5.41) is 0.992. The maximum Gasteiger partial charge on any atom is 0.323 e. The first-order chi connectivity index (χ1) is 6.57. The van der Waals surface area contributed by atoms with E-state index < -0.39 is 0 Å². The monoisotopic (exact) mass is 214 g/mol. The van der Waals surface area contributed by atoms with Gasteiger partial charge in [0.15, 0.2) is 11.3 Å². The maximum atomic E-state index is 11.6. The first-order valence-electron chi connectivity index (χ1n) is 4.42. The van der Waals surface area contributed by atoms with E-state index in [1.54, 1.807) is 28.6 Å². The van der Waals surface area contributed by atoms with E-state index in [0.717, 1.165) is 5.17 Å². The molecule has 5 nitrogen and oxygen atoms in total. The molecule has 0 aromatic carbocycles. The Kier molecular flexibility index (Phi) is 2.10. The SMILES string of the molecule is CSC1=N[C@@H]2[C@H](N(C)C(=O)N2C)N1C. The van der Waals surface area contributed by atoms with Gasteiger partial charge in [0.25, 0.3) is 0 Å². The van der Waals surface area contributed by atoms with E-state index >= 15 is 0 Å². The molecule has 0 aliphatic carbocycles. The van der Waals surface area contributed by atoms with Crippen LogP contribution in [0.4, 0.5) is 4.79 Å². The number of rotatable bonds is 0. The van der Waals surface area contributed by atoms with Crippen molar-refractivity contribution in [3.05, 3.63) is 0 Å². The Labute approximate surface area is 87.7 Å². The van der Waals surface area contributed by atoms with Crippen LogP contribution in [0.15, 0.2) is 4.99 Å². The van der Waals surface area contributed by atoms with Gasteiger partial charge in [-0.25, -0.2) is 9.79 Å². The van der Waals surface area contributed by atoms with E-state index in [4.69, 9.17) is 0 Å². The van der Waals surface area contributed by atoms with Gasteiger partial charge in [0.1, 0.15) is 6.17 Å². The van der Waals surface area contributed by atoms with E-state index in [9.17, 15) is 4.79 Å². The van der Waals surface area contributed by atoms with Crippen LogP contribution in [0.3, 0.4) is 0 Å². The maximum absolute atomic E-state index is 11.6. The lowest BCUT2D eigenvalue weighted by Crippen LogP contribution is -2.43. The molecule has 2 aliphatic rings. The van der Waals surface area contributed by atoms with Crippen LogP contribution in [0.2, 0.25) is 0 Å². The van der Waals surface area contributed by atoms with Gasteiger partial charge in [-0.15, -0.1) is 0 Å². The minimum Gasteiger partial charge on any atom is -0.330 e. The van der Waals surface area contributed by atoms with Crippen LogP contribution < -0.4 is 0 Å². The standard InChI is InChI=1S/C8H14N4OS/c1-10-5-6(12(3)8(10)13)11(2)7(9-5)14-4/h5-6H,1-4H3/t5-,6-/m0/s1. The van der Waals surface area contributed by atoms with Gasteiger partial charge in [-0.1, -0.05) is 11.8 Å². The van der Waals surface area contributed by atoms with Gasteiger partial charge in [-0.2, -0.15) is 0 Å². The third-order valence-corrected chi connectivity index (χ3v) is 3.55. The van der Waals surface area contributed by atoms with Gasteiger partial charge < -0.3 is 14.7 Å². The average Bonchev–Trinajstić information content (AvgIpc) is 2.60. The second-order valence-electron chi connectivity index (χ2n) is 3.56. The molecule has 0 unspecified atom stereocenters. The number of amides is 2. The molecule has 0 aromatic rings. The van der Waals surface area contributed by atoms with Gasteiger partial charge in [-0.3, -0.25) is 0 Å². The fourth-order valence-electron chi connectivity index (χ4n) is 2.00. The van der Waals surface area contributed by atoms with Crippen molar-refractivity contribution in [1.29, 1.82) is 0 Å². The van der Waals surface area contributed by atoms with Gasteiger partial charge in [-0.05, 0) is 6.26 Å². The number of thioether (sulfide) groups is 1. The van der Waals surface area contributed by atoms with Crippen molar-refractivity contribution in [3.8, 4) is 0 Å². The number of amidine groups is 1. The quantitative estimate of drug-likeness (QED) is 0.582. The summed E-state index contributed by atoms with van der Waals surface area (Å²) in [6.45, 7) is 0. The number of hydrogen-bond acceptors (Lipinski definition) is 4. The van der Waals surface area contributed by atoms with E-state index in [0.29, 0.717) is 0 Å². The predicted molar refractivity (Wildman–Crippen MR) is 57.2 cm³/mol. The van der Waals surface area contributed by atoms with Crippen molar-refractivity contribution in [3.63, 3.8) is 0 Å². The number of fused-ring (bicyclic) bond motifs is 1. The van der Waals surface area contributed by atoms with Gasteiger partial charge in [0, 0.05) is 21.1 Å². The lowest BCUT2D eigenvalue weighted by Gasteiger charge is -2.25. The van der Waals surface area contributed by atoms with Crippen LogP contribution in [0.25, 0.3) is 0 Å². The lowest BCUT2D eigenvalue weighted by molar-refractivity contribution is 0.182. The number of urea groups is 1. The number of carbonyl (C=O) groups is 1. The second-order valence-corrected chi connectivity index (χ2v) is 4.33. The Morgan fingerprint density at radius 1 is 1.21 bits per heavy atom. The third-order valence-electron chi connectivity index (χ3n) is 2.79. The third kappa shape index (κ3) is 1.03. The van der Waals surface area contributed by atoms with Crippen LogP contribution >= 0.6 is 11.8 Å². The van der Waals surface area contributed by atoms with Gasteiger partial charge in [0.05, 0.1) is 0 Å². The minimum atomic E-state index is -0.0417. The lowest BCUT2D eigenvalue weighted by atomic mass is 10.4. The van der Waals surface area contributed by atoms with Crippen LogP contribution in [0.5, 0.6) is 0 Å². The molecule has 2 amide bonds. The summed E-state index contributed by atoms with van der Waals surface area (Å²) in [4.78, 5) is 21.6. The summed E-state index contributed by atoms with van der Waals surface area (Å²) < 4.78 is 0. The van der Waals surface area contributed by atoms with Gasteiger partial charge >= 0.3 is 6.03 Å². The first-order valence-corrected chi connectivity index (χ1v) is 5.64. The zero-order chi connectivity index (χ0) is 10.5. The molecule has 0 aromatic heterocycles. The Bertz CT molecular complexity index is 306. The summed E-state index contributed by atoms with van der Waals surface area (Å²) >= 11 is 1.61. The highest BCUT2D eigenvalue weighted by molar-refractivity contribution is 8.13. The molecule has 0 radical (unpaired) electrons. The first kappa shape index (κ1) is 9.64. The largest absolute Gasteiger partial charge is 0.330 e. The van der Waals surface area contributed by atoms with Crippen molar-refractivity contribution >= 4 is 23.0 Å². The molecule has 1 saturated heterocycles. The second kappa shape index (κ2) is 3.05. The highest BCUT2D eigenvalue weighted by atomic mass is 32.2. The van der Waals surface area contributed by atoms with Crippen molar-refractivity contribution < 1.29 is 4.79 Å². The number of nitrogens with zero attached hydrogens (tertiary/aromatic N) is 4. The Balaban J connectivity index is 2.31. The molecule has 0 spiro atoms. The summed E-state index contributed by atoms with van der Waals surface area (Å²) in [5.41, 5.74) is 0. The fourth-order valence-corrected chi connectivity index (χ4v) is 2.61. The van der Waals surface area contributed by atoms with E-state index in [2.05, 4.69) is 9.89 Å². The molecule has 0 saturated carbocycles. The summed E-state index contributed by atoms with van der Waals surface area (Å²) in [7, 11) is 5.59. The normalized spacial score (nSPS) is 31.3. The van der Waals surface area contributed by atoms with E-state index in [1.165, 1.54) is 0 Å². The smallest absolute Gasteiger partial charge is 0.323 e. The molecular weight excluding hydrogens is 200 g/mol. The zero-order valence-electron chi connectivity index (χ0n) is 8.76.